The Morgan fingerprint density at radius 2 is 0.775 bits per heavy atom. The second kappa shape index (κ2) is 29.7. The summed E-state index contributed by atoms with van der Waals surface area (Å²) >= 11 is 0. The first-order valence-corrected chi connectivity index (χ1v) is 18.9. The Morgan fingerprint density at radius 1 is 0.425 bits per heavy atom. The molecule has 0 saturated carbocycles. The third-order valence-corrected chi connectivity index (χ3v) is 9.10. The van der Waals surface area contributed by atoms with Crippen LogP contribution in [0.4, 0.5) is 0 Å². The van der Waals surface area contributed by atoms with Crippen molar-refractivity contribution in [3.05, 3.63) is 18.2 Å². The minimum atomic E-state index is 1.22. The summed E-state index contributed by atoms with van der Waals surface area (Å²) in [6, 6.07) is 0. The molecule has 1 aromatic heterocycles. The predicted octanol–water partition coefficient (Wildman–Crippen LogP) is 12.7. The zero-order valence-electron chi connectivity index (χ0n) is 28.2. The number of aromatic nitrogens is 2. The number of hydrogen-bond donors (Lipinski definition) is 0. The molecule has 0 bridgehead atoms. The van der Waals surface area contributed by atoms with E-state index in [1.54, 1.807) is 5.82 Å². The molecule has 0 aliphatic carbocycles. The summed E-state index contributed by atoms with van der Waals surface area (Å²) in [6.45, 7) is 9.39. The molecule has 0 spiro atoms. The number of aryl methyl sites for hydroxylation is 2. The number of imidazole rings is 1. The lowest BCUT2D eigenvalue weighted by atomic mass is 10.0. The van der Waals surface area contributed by atoms with E-state index in [4.69, 9.17) is 0 Å². The fourth-order valence-corrected chi connectivity index (χ4v) is 6.33. The van der Waals surface area contributed by atoms with Crippen LogP contribution in [0.1, 0.15) is 213 Å². The second-order valence-electron chi connectivity index (χ2n) is 13.0. The molecule has 2 heteroatoms. The smallest absolute Gasteiger partial charge is 0.234 e. The predicted molar refractivity (Wildman–Crippen MR) is 179 cm³/mol. The first kappa shape index (κ1) is 37.2. The summed E-state index contributed by atoms with van der Waals surface area (Å²) in [5, 5.41) is 0. The van der Waals surface area contributed by atoms with Crippen LogP contribution in [0.5, 0.6) is 0 Å². The molecule has 1 rings (SSSR count). The van der Waals surface area contributed by atoms with Gasteiger partial charge in [0, 0.05) is 6.42 Å². The summed E-state index contributed by atoms with van der Waals surface area (Å²) in [4.78, 5) is 0. The van der Waals surface area contributed by atoms with Gasteiger partial charge in [-0.05, 0) is 32.1 Å². The average molecular weight is 560 g/mol. The quantitative estimate of drug-likeness (QED) is 0.0613. The van der Waals surface area contributed by atoms with Crippen LogP contribution in [0.15, 0.2) is 12.4 Å². The zero-order chi connectivity index (χ0) is 28.8. The van der Waals surface area contributed by atoms with Gasteiger partial charge in [0.1, 0.15) is 12.4 Å². The van der Waals surface area contributed by atoms with Gasteiger partial charge in [-0.25, -0.2) is 9.13 Å². The summed E-state index contributed by atoms with van der Waals surface area (Å²) in [5.74, 6) is 1.62. The number of rotatable bonds is 32. The van der Waals surface area contributed by atoms with Gasteiger partial charge in [-0.3, -0.25) is 0 Å². The molecule has 0 radical (unpaired) electrons. The molecular formula is C38H75N2+. The average Bonchev–Trinajstić information content (AvgIpc) is 3.35. The molecule has 0 amide bonds. The molecule has 1 aromatic rings. The van der Waals surface area contributed by atoms with Crippen LogP contribution in [0.2, 0.25) is 0 Å². The van der Waals surface area contributed by atoms with Crippen molar-refractivity contribution in [1.29, 1.82) is 0 Å². The van der Waals surface area contributed by atoms with Gasteiger partial charge in [0.15, 0.2) is 0 Å². The first-order chi connectivity index (χ1) is 19.8. The third kappa shape index (κ3) is 21.9. The van der Waals surface area contributed by atoms with Crippen molar-refractivity contribution in [3.63, 3.8) is 0 Å². The van der Waals surface area contributed by atoms with E-state index in [1.807, 2.05) is 0 Å². The van der Waals surface area contributed by atoms with Crippen molar-refractivity contribution in [2.75, 3.05) is 0 Å². The maximum Gasteiger partial charge on any atom is 0.256 e. The topological polar surface area (TPSA) is 8.81 Å². The van der Waals surface area contributed by atoms with Crippen molar-refractivity contribution < 1.29 is 4.57 Å². The van der Waals surface area contributed by atoms with E-state index in [0.29, 0.717) is 0 Å². The van der Waals surface area contributed by atoms with Gasteiger partial charge in [-0.1, -0.05) is 175 Å². The largest absolute Gasteiger partial charge is 0.256 e. The van der Waals surface area contributed by atoms with Gasteiger partial charge in [-0.15, -0.1) is 0 Å². The number of unbranched alkanes of at least 4 members (excludes halogenated alkanes) is 26. The molecule has 1 heterocycles. The van der Waals surface area contributed by atoms with Crippen molar-refractivity contribution in [2.24, 2.45) is 0 Å². The van der Waals surface area contributed by atoms with Crippen LogP contribution in [0, 0.1) is 0 Å². The van der Waals surface area contributed by atoms with E-state index in [1.165, 1.54) is 206 Å². The Morgan fingerprint density at radius 3 is 1.20 bits per heavy atom. The van der Waals surface area contributed by atoms with Crippen LogP contribution < -0.4 is 4.57 Å². The molecule has 0 N–H and O–H groups in total. The summed E-state index contributed by atoms with van der Waals surface area (Å²) in [7, 11) is 0. The van der Waals surface area contributed by atoms with E-state index in [0.717, 1.165) is 0 Å². The molecule has 0 aliphatic heterocycles. The molecule has 0 fully saturated rings. The second-order valence-corrected chi connectivity index (χ2v) is 13.0. The monoisotopic (exact) mass is 560 g/mol. The van der Waals surface area contributed by atoms with Crippen LogP contribution in [0.25, 0.3) is 0 Å². The van der Waals surface area contributed by atoms with Gasteiger partial charge >= 0.3 is 0 Å². The maximum atomic E-state index is 2.62. The molecule has 0 atom stereocenters. The Bertz CT molecular complexity index is 619. The van der Waals surface area contributed by atoms with Crippen molar-refractivity contribution in [3.8, 4) is 0 Å². The van der Waals surface area contributed by atoms with E-state index in [-0.39, 0.29) is 0 Å². The number of nitrogens with zero attached hydrogens (tertiary/aromatic N) is 2. The van der Waals surface area contributed by atoms with E-state index in [2.05, 4.69) is 42.3 Å². The van der Waals surface area contributed by atoms with Crippen molar-refractivity contribution in [2.45, 2.75) is 226 Å². The molecule has 0 saturated heterocycles. The highest BCUT2D eigenvalue weighted by Gasteiger charge is 2.16. The van der Waals surface area contributed by atoms with Gasteiger partial charge in [0.25, 0.3) is 5.82 Å². The van der Waals surface area contributed by atoms with Crippen molar-refractivity contribution >= 4 is 0 Å². The third-order valence-electron chi connectivity index (χ3n) is 9.10. The Kier molecular flexibility index (Phi) is 27.6. The Balaban J connectivity index is 2.22. The molecule has 0 unspecified atom stereocenters. The maximum absolute atomic E-state index is 2.62. The normalized spacial score (nSPS) is 11.6. The van der Waals surface area contributed by atoms with E-state index in [9.17, 15) is 0 Å². The minimum absolute atomic E-state index is 1.22. The lowest BCUT2D eigenvalue weighted by Crippen LogP contribution is -2.37. The van der Waals surface area contributed by atoms with E-state index >= 15 is 0 Å². The zero-order valence-corrected chi connectivity index (χ0v) is 28.2. The summed E-state index contributed by atoms with van der Waals surface area (Å²) in [6.07, 6.45) is 47.4. The lowest BCUT2D eigenvalue weighted by molar-refractivity contribution is -0.704. The fourth-order valence-electron chi connectivity index (χ4n) is 6.33. The van der Waals surface area contributed by atoms with Crippen LogP contribution in [0.3, 0.4) is 0 Å². The minimum Gasteiger partial charge on any atom is -0.234 e. The molecule has 236 valence electrons. The Labute approximate surface area is 253 Å². The summed E-state index contributed by atoms with van der Waals surface area (Å²) in [5.41, 5.74) is 0. The molecule has 0 aromatic carbocycles. The van der Waals surface area contributed by atoms with Crippen LogP contribution in [-0.2, 0) is 19.5 Å². The molecule has 0 aliphatic rings. The van der Waals surface area contributed by atoms with Gasteiger partial charge < -0.3 is 0 Å². The van der Waals surface area contributed by atoms with Gasteiger partial charge in [0.05, 0.1) is 13.1 Å². The van der Waals surface area contributed by atoms with Crippen LogP contribution in [-0.4, -0.2) is 4.57 Å². The molecular weight excluding hydrogens is 484 g/mol. The number of hydrogen-bond acceptors (Lipinski definition) is 0. The fraction of sp³-hybridized carbons (Fsp3) is 0.921. The SMILES string of the molecule is CCCCCCCCCCCCCCCCCc1n(CCCCCCC)cc[n+]1CCCCCCCCCCC. The Hall–Kier alpha value is -0.790. The van der Waals surface area contributed by atoms with Crippen molar-refractivity contribution in [1.82, 2.24) is 4.57 Å². The lowest BCUT2D eigenvalue weighted by Gasteiger charge is -2.07. The van der Waals surface area contributed by atoms with Gasteiger partial charge in [-0.2, -0.15) is 0 Å². The molecule has 2 nitrogen and oxygen atoms in total. The van der Waals surface area contributed by atoms with Crippen LogP contribution >= 0.6 is 0 Å². The highest BCUT2D eigenvalue weighted by molar-refractivity contribution is 4.84. The highest BCUT2D eigenvalue weighted by atomic mass is 15.1. The summed E-state index contributed by atoms with van der Waals surface area (Å²) < 4.78 is 5.24. The first-order valence-electron chi connectivity index (χ1n) is 18.9. The highest BCUT2D eigenvalue weighted by Crippen LogP contribution is 2.15. The molecule has 40 heavy (non-hydrogen) atoms. The standard InChI is InChI=1S/C38H75N2/c1-4-7-10-13-15-17-18-19-20-21-22-23-25-27-30-33-38-39(34-31-28-12-9-6-3)36-37-40(38)35-32-29-26-24-16-14-11-8-5-2/h36-37H,4-35H2,1-3H3/q+1. The van der Waals surface area contributed by atoms with E-state index < -0.39 is 0 Å². The van der Waals surface area contributed by atoms with Gasteiger partial charge in [0.2, 0.25) is 0 Å².